The van der Waals surface area contributed by atoms with Gasteiger partial charge < -0.3 is 11.1 Å². The molecular weight excluding hydrogens is 262 g/mol. The maximum Gasteiger partial charge on any atom is 0.326 e. The summed E-state index contributed by atoms with van der Waals surface area (Å²) in [7, 11) is 1.76. The summed E-state index contributed by atoms with van der Waals surface area (Å²) in [6, 6.07) is 15.2. The average Bonchev–Trinajstić information content (AvgIpc) is 2.47. The van der Waals surface area contributed by atoms with Gasteiger partial charge in [0.1, 0.15) is 0 Å². The zero-order chi connectivity index (χ0) is 15.4. The molecular formula is C17H21N3O. The molecule has 0 radical (unpaired) electrons. The minimum Gasteiger partial charge on any atom is -0.324 e. The van der Waals surface area contributed by atoms with Crippen molar-refractivity contribution in [1.29, 1.82) is 0 Å². The van der Waals surface area contributed by atoms with Gasteiger partial charge in [0.05, 0.1) is 0 Å². The third-order valence-electron chi connectivity index (χ3n) is 3.47. The minimum atomic E-state index is -0.169. The Bertz CT molecular complexity index is 620. The Morgan fingerprint density at radius 3 is 2.33 bits per heavy atom. The molecule has 110 valence electrons. The van der Waals surface area contributed by atoms with Crippen LogP contribution < -0.4 is 16.0 Å². The summed E-state index contributed by atoms with van der Waals surface area (Å²) in [6.45, 7) is 3.91. The highest BCUT2D eigenvalue weighted by Crippen LogP contribution is 2.19. The van der Waals surface area contributed by atoms with Gasteiger partial charge >= 0.3 is 6.03 Å². The van der Waals surface area contributed by atoms with Crippen molar-refractivity contribution in [3.8, 4) is 0 Å². The highest BCUT2D eigenvalue weighted by atomic mass is 16.2. The van der Waals surface area contributed by atoms with E-state index in [4.69, 9.17) is 5.73 Å². The molecule has 0 saturated carbocycles. The summed E-state index contributed by atoms with van der Waals surface area (Å²) < 4.78 is 0. The number of aryl methyl sites for hydroxylation is 1. The van der Waals surface area contributed by atoms with Crippen LogP contribution in [0.25, 0.3) is 0 Å². The molecule has 4 nitrogen and oxygen atoms in total. The summed E-state index contributed by atoms with van der Waals surface area (Å²) >= 11 is 0. The predicted molar refractivity (Wildman–Crippen MR) is 87.6 cm³/mol. The van der Waals surface area contributed by atoms with Crippen LogP contribution in [0.1, 0.15) is 24.1 Å². The number of nitrogens with two attached hydrogens (primary N) is 1. The van der Waals surface area contributed by atoms with Crippen LogP contribution in [0, 0.1) is 6.92 Å². The summed E-state index contributed by atoms with van der Waals surface area (Å²) in [5, 5.41) is 2.88. The Morgan fingerprint density at radius 1 is 1.14 bits per heavy atom. The molecule has 4 heteroatoms. The molecule has 0 saturated heterocycles. The summed E-state index contributed by atoms with van der Waals surface area (Å²) in [5.74, 6) is 0. The van der Waals surface area contributed by atoms with E-state index in [0.717, 1.165) is 22.5 Å². The summed E-state index contributed by atoms with van der Waals surface area (Å²) in [5.41, 5.74) is 9.56. The van der Waals surface area contributed by atoms with E-state index in [9.17, 15) is 4.79 Å². The number of urea groups is 1. The van der Waals surface area contributed by atoms with Gasteiger partial charge in [-0.1, -0.05) is 30.3 Å². The highest BCUT2D eigenvalue weighted by molar-refractivity contribution is 6.01. The van der Waals surface area contributed by atoms with Gasteiger partial charge in [0, 0.05) is 24.5 Å². The Labute approximate surface area is 125 Å². The number of nitrogens with zero attached hydrogens (tertiary/aromatic N) is 1. The van der Waals surface area contributed by atoms with Crippen LogP contribution in [0.4, 0.5) is 16.2 Å². The SMILES string of the molecule is Cc1ccccc1N(C)C(=O)Nc1ccc(C(C)N)cc1. The van der Waals surface area contributed by atoms with Crippen LogP contribution in [-0.4, -0.2) is 13.1 Å². The lowest BCUT2D eigenvalue weighted by molar-refractivity contribution is 0.258. The average molecular weight is 283 g/mol. The van der Waals surface area contributed by atoms with E-state index in [1.807, 2.05) is 62.4 Å². The molecule has 2 aromatic rings. The predicted octanol–water partition coefficient (Wildman–Crippen LogP) is 3.68. The van der Waals surface area contributed by atoms with Gasteiger partial charge in [0.25, 0.3) is 0 Å². The van der Waals surface area contributed by atoms with E-state index in [1.54, 1.807) is 11.9 Å². The monoisotopic (exact) mass is 283 g/mol. The number of amides is 2. The zero-order valence-corrected chi connectivity index (χ0v) is 12.6. The van der Waals surface area contributed by atoms with Gasteiger partial charge in [0.15, 0.2) is 0 Å². The molecule has 0 aliphatic rings. The first-order valence-corrected chi connectivity index (χ1v) is 6.95. The van der Waals surface area contributed by atoms with E-state index in [-0.39, 0.29) is 12.1 Å². The summed E-state index contributed by atoms with van der Waals surface area (Å²) in [6.07, 6.45) is 0. The molecule has 0 heterocycles. The van der Waals surface area contributed by atoms with Crippen molar-refractivity contribution >= 4 is 17.4 Å². The maximum absolute atomic E-state index is 12.3. The van der Waals surface area contributed by atoms with Crippen LogP contribution in [0.15, 0.2) is 48.5 Å². The molecule has 0 aliphatic carbocycles. The number of hydrogen-bond acceptors (Lipinski definition) is 2. The minimum absolute atomic E-state index is 0.00982. The van der Waals surface area contributed by atoms with Gasteiger partial charge in [-0.2, -0.15) is 0 Å². The normalized spacial score (nSPS) is 11.8. The quantitative estimate of drug-likeness (QED) is 0.902. The van der Waals surface area contributed by atoms with Gasteiger partial charge in [-0.05, 0) is 43.2 Å². The van der Waals surface area contributed by atoms with Crippen LogP contribution in [0.5, 0.6) is 0 Å². The lowest BCUT2D eigenvalue weighted by atomic mass is 10.1. The maximum atomic E-state index is 12.3. The van der Waals surface area contributed by atoms with Crippen LogP contribution in [0.2, 0.25) is 0 Å². The number of hydrogen-bond donors (Lipinski definition) is 2. The lowest BCUT2D eigenvalue weighted by Crippen LogP contribution is -2.31. The van der Waals surface area contributed by atoms with Crippen molar-refractivity contribution < 1.29 is 4.79 Å². The number of carbonyl (C=O) groups is 1. The lowest BCUT2D eigenvalue weighted by Gasteiger charge is -2.20. The van der Waals surface area contributed by atoms with Crippen molar-refractivity contribution in [1.82, 2.24) is 0 Å². The molecule has 0 fully saturated rings. The largest absolute Gasteiger partial charge is 0.326 e. The number of nitrogens with one attached hydrogen (secondary N) is 1. The van der Waals surface area contributed by atoms with E-state index < -0.39 is 0 Å². The van der Waals surface area contributed by atoms with Crippen LogP contribution >= 0.6 is 0 Å². The van der Waals surface area contributed by atoms with Gasteiger partial charge in [0.2, 0.25) is 0 Å². The third-order valence-corrected chi connectivity index (χ3v) is 3.47. The van der Waals surface area contributed by atoms with Gasteiger partial charge in [-0.25, -0.2) is 4.79 Å². The Balaban J connectivity index is 2.09. The number of para-hydroxylation sites is 1. The number of carbonyl (C=O) groups excluding carboxylic acids is 1. The summed E-state index contributed by atoms with van der Waals surface area (Å²) in [4.78, 5) is 13.9. The topological polar surface area (TPSA) is 58.4 Å². The molecule has 2 rings (SSSR count). The van der Waals surface area contributed by atoms with Crippen molar-refractivity contribution in [2.45, 2.75) is 19.9 Å². The second kappa shape index (κ2) is 6.41. The van der Waals surface area contributed by atoms with Crippen molar-refractivity contribution in [2.24, 2.45) is 5.73 Å². The molecule has 21 heavy (non-hydrogen) atoms. The first kappa shape index (κ1) is 15.1. The molecule has 2 amide bonds. The fraction of sp³-hybridized carbons (Fsp3) is 0.235. The van der Waals surface area contributed by atoms with E-state index in [1.165, 1.54) is 0 Å². The van der Waals surface area contributed by atoms with E-state index in [2.05, 4.69) is 5.32 Å². The van der Waals surface area contributed by atoms with Crippen LogP contribution in [0.3, 0.4) is 0 Å². The fourth-order valence-electron chi connectivity index (χ4n) is 2.13. The first-order valence-electron chi connectivity index (χ1n) is 6.95. The van der Waals surface area contributed by atoms with Crippen molar-refractivity contribution in [2.75, 3.05) is 17.3 Å². The van der Waals surface area contributed by atoms with Crippen molar-refractivity contribution in [3.63, 3.8) is 0 Å². The zero-order valence-electron chi connectivity index (χ0n) is 12.6. The molecule has 2 aromatic carbocycles. The second-order valence-electron chi connectivity index (χ2n) is 5.19. The first-order chi connectivity index (χ1) is 9.99. The second-order valence-corrected chi connectivity index (χ2v) is 5.19. The van der Waals surface area contributed by atoms with Crippen LogP contribution in [-0.2, 0) is 0 Å². The number of anilines is 2. The Hall–Kier alpha value is -2.33. The Kier molecular flexibility index (Phi) is 4.60. The third kappa shape index (κ3) is 3.61. The standard InChI is InChI=1S/C17H21N3O/c1-12-6-4-5-7-16(12)20(3)17(21)19-15-10-8-14(9-11-15)13(2)18/h4-11,13H,18H2,1-3H3,(H,19,21). The molecule has 3 N–H and O–H groups in total. The molecule has 0 spiro atoms. The van der Waals surface area contributed by atoms with Gasteiger partial charge in [-0.3, -0.25) is 4.90 Å². The van der Waals surface area contributed by atoms with E-state index >= 15 is 0 Å². The van der Waals surface area contributed by atoms with E-state index in [0.29, 0.717) is 0 Å². The molecule has 1 atom stereocenters. The highest BCUT2D eigenvalue weighted by Gasteiger charge is 2.12. The van der Waals surface area contributed by atoms with Gasteiger partial charge in [-0.15, -0.1) is 0 Å². The fourth-order valence-corrected chi connectivity index (χ4v) is 2.13. The smallest absolute Gasteiger partial charge is 0.324 e. The number of benzene rings is 2. The molecule has 0 bridgehead atoms. The molecule has 1 unspecified atom stereocenters. The number of rotatable bonds is 3. The van der Waals surface area contributed by atoms with Crippen molar-refractivity contribution in [3.05, 3.63) is 59.7 Å². The Morgan fingerprint density at radius 2 is 1.76 bits per heavy atom. The molecule has 0 aliphatic heterocycles. The molecule has 0 aromatic heterocycles.